The summed E-state index contributed by atoms with van der Waals surface area (Å²) in [6.07, 6.45) is -2.65. The summed E-state index contributed by atoms with van der Waals surface area (Å²) in [5, 5.41) is 6.80. The number of halogens is 6. The molecule has 2 aromatic heterocycles. The number of nitrogens with one attached hydrogen (secondary N) is 1. The number of nitrogens with zero attached hydrogens (tertiary/aromatic N) is 5. The van der Waals surface area contributed by atoms with E-state index in [1.54, 1.807) is 48.3 Å². The van der Waals surface area contributed by atoms with Crippen LogP contribution in [0.25, 0.3) is 33.4 Å². The number of benzene rings is 3. The molecule has 13 heteroatoms. The number of piperidine rings is 2. The number of aryl methyl sites for hydroxylation is 1. The van der Waals surface area contributed by atoms with Crippen molar-refractivity contribution in [2.45, 2.75) is 63.1 Å². The third-order valence-electron chi connectivity index (χ3n) is 10.5. The first kappa shape index (κ1) is 36.6. The summed E-state index contributed by atoms with van der Waals surface area (Å²) >= 11 is 0. The number of carbonyl (C=O) groups excluding carboxylic acids is 1. The van der Waals surface area contributed by atoms with Crippen molar-refractivity contribution < 1.29 is 31.1 Å². The Morgan fingerprint density at radius 2 is 1.58 bits per heavy atom. The van der Waals surface area contributed by atoms with E-state index in [0.29, 0.717) is 30.4 Å². The molecule has 4 heterocycles. The summed E-state index contributed by atoms with van der Waals surface area (Å²) in [7, 11) is 1.74. The summed E-state index contributed by atoms with van der Waals surface area (Å²) < 4.78 is 87.8. The topological polar surface area (TPSA) is 66.3 Å². The lowest BCUT2D eigenvalue weighted by atomic mass is 9.92. The third-order valence-corrected chi connectivity index (χ3v) is 10.5. The Morgan fingerprint density at radius 1 is 0.849 bits per heavy atom. The molecule has 2 aliphatic heterocycles. The molecule has 0 saturated carbocycles. The van der Waals surface area contributed by atoms with Gasteiger partial charge in [-0.3, -0.25) is 14.4 Å². The van der Waals surface area contributed by atoms with Crippen LogP contribution in [0.5, 0.6) is 0 Å². The van der Waals surface area contributed by atoms with Crippen molar-refractivity contribution in [1.82, 2.24) is 29.9 Å². The van der Waals surface area contributed by atoms with E-state index >= 15 is 0 Å². The van der Waals surface area contributed by atoms with E-state index in [4.69, 9.17) is 4.98 Å². The van der Waals surface area contributed by atoms with Crippen molar-refractivity contribution in [3.8, 4) is 22.5 Å². The molecule has 0 unspecified atom stereocenters. The zero-order chi connectivity index (χ0) is 37.3. The summed E-state index contributed by atoms with van der Waals surface area (Å²) in [5.74, 6) is -1.00. The fourth-order valence-corrected chi connectivity index (χ4v) is 7.77. The quantitative estimate of drug-likeness (QED) is 0.162. The second-order valence-corrected chi connectivity index (χ2v) is 13.9. The predicted octanol–water partition coefficient (Wildman–Crippen LogP) is 8.80. The van der Waals surface area contributed by atoms with Gasteiger partial charge in [0.05, 0.1) is 28.0 Å². The van der Waals surface area contributed by atoms with Crippen molar-refractivity contribution in [3.63, 3.8) is 0 Å². The Kier molecular flexibility index (Phi) is 10.3. The summed E-state index contributed by atoms with van der Waals surface area (Å²) in [6.45, 7) is 3.48. The zero-order valence-corrected chi connectivity index (χ0v) is 29.2. The van der Waals surface area contributed by atoms with Crippen LogP contribution in [0.4, 0.5) is 26.3 Å². The highest BCUT2D eigenvalue weighted by Gasteiger charge is 2.43. The van der Waals surface area contributed by atoms with Gasteiger partial charge in [-0.05, 0) is 87.8 Å². The summed E-state index contributed by atoms with van der Waals surface area (Å²) in [4.78, 5) is 24.1. The Hall–Kier alpha value is -4.75. The van der Waals surface area contributed by atoms with Gasteiger partial charge in [0, 0.05) is 47.9 Å². The minimum Gasteiger partial charge on any atom is -0.337 e. The molecule has 7 rings (SSSR count). The zero-order valence-electron chi connectivity index (χ0n) is 29.2. The second kappa shape index (κ2) is 14.9. The molecule has 1 atom stereocenters. The van der Waals surface area contributed by atoms with Crippen LogP contribution in [-0.4, -0.2) is 68.9 Å². The highest BCUT2D eigenvalue weighted by Crippen LogP contribution is 2.39. The van der Waals surface area contributed by atoms with Gasteiger partial charge < -0.3 is 10.2 Å². The van der Waals surface area contributed by atoms with Gasteiger partial charge in [-0.1, -0.05) is 55.0 Å². The van der Waals surface area contributed by atoms with Gasteiger partial charge in [-0.2, -0.15) is 31.4 Å². The number of carbonyl (C=O) groups is 1. The van der Waals surface area contributed by atoms with Crippen LogP contribution in [0, 0.1) is 0 Å². The maximum atomic E-state index is 14.7. The fourth-order valence-electron chi connectivity index (χ4n) is 7.77. The lowest BCUT2D eigenvalue weighted by molar-refractivity contribution is -0.155. The van der Waals surface area contributed by atoms with Crippen LogP contribution in [0.1, 0.15) is 65.2 Å². The van der Waals surface area contributed by atoms with Crippen molar-refractivity contribution in [2.24, 2.45) is 7.05 Å². The van der Waals surface area contributed by atoms with Crippen LogP contribution in [-0.2, 0) is 19.8 Å². The molecule has 0 aliphatic carbocycles. The summed E-state index contributed by atoms with van der Waals surface area (Å²) in [5.41, 5.74) is 0.970. The van der Waals surface area contributed by atoms with Crippen LogP contribution < -0.4 is 5.32 Å². The molecule has 2 fully saturated rings. The molecule has 5 aromatic rings. The standard InChI is InChI=1S/C40H40F6N6O/c1-50-34(15-18-47-50)27-13-14-33-31(24-27)35(38(53)49-37(40(44,45)46)26-9-4-2-5-10-26)32(36(48-33)28-11-8-12-29(23-28)39(41,42)43)25-51-21-16-30(17-22-51)52-19-6-3-7-20-52/h2,4-5,8-15,18,23-24,30,37H,3,6-7,16-17,19-22,25H2,1H3,(H,49,53)/t37-/m1/s1. The van der Waals surface area contributed by atoms with Crippen molar-refractivity contribution in [1.29, 1.82) is 0 Å². The van der Waals surface area contributed by atoms with Crippen LogP contribution >= 0.6 is 0 Å². The maximum absolute atomic E-state index is 14.7. The number of aromatic nitrogens is 3. The Labute approximate surface area is 303 Å². The SMILES string of the molecule is Cn1nccc1-c1ccc2nc(-c3cccc(C(F)(F)F)c3)c(CN3CCC(N4CCCCC4)CC3)c(C(=O)N[C@H](c3ccccc3)C(F)(F)F)c2c1. The van der Waals surface area contributed by atoms with Crippen LogP contribution in [0.2, 0.25) is 0 Å². The van der Waals surface area contributed by atoms with E-state index in [1.165, 1.54) is 42.8 Å². The Balaban J connectivity index is 1.39. The highest BCUT2D eigenvalue weighted by atomic mass is 19.4. The first-order chi connectivity index (χ1) is 25.4. The lowest BCUT2D eigenvalue weighted by Crippen LogP contribution is -2.46. The van der Waals surface area contributed by atoms with E-state index in [-0.39, 0.29) is 45.4 Å². The van der Waals surface area contributed by atoms with E-state index in [1.807, 2.05) is 0 Å². The molecule has 2 saturated heterocycles. The van der Waals surface area contributed by atoms with E-state index in [9.17, 15) is 31.1 Å². The normalized spacial score (nSPS) is 17.3. The van der Waals surface area contributed by atoms with Gasteiger partial charge in [-0.15, -0.1) is 0 Å². The molecule has 0 bridgehead atoms. The highest BCUT2D eigenvalue weighted by molar-refractivity contribution is 6.10. The third kappa shape index (κ3) is 7.96. The van der Waals surface area contributed by atoms with Crippen molar-refractivity contribution >= 4 is 16.8 Å². The van der Waals surface area contributed by atoms with Gasteiger partial charge in [0.2, 0.25) is 0 Å². The first-order valence-electron chi connectivity index (χ1n) is 17.9. The van der Waals surface area contributed by atoms with Gasteiger partial charge in [0.1, 0.15) is 0 Å². The molecular formula is C40H40F6N6O. The second-order valence-electron chi connectivity index (χ2n) is 13.9. The monoisotopic (exact) mass is 734 g/mol. The molecule has 7 nitrogen and oxygen atoms in total. The van der Waals surface area contributed by atoms with E-state index < -0.39 is 29.9 Å². The number of hydrogen-bond donors (Lipinski definition) is 1. The van der Waals surface area contributed by atoms with Gasteiger partial charge in [0.15, 0.2) is 6.04 Å². The Bertz CT molecular complexity index is 2060. The van der Waals surface area contributed by atoms with Crippen LogP contribution in [0.15, 0.2) is 85.1 Å². The number of rotatable bonds is 8. The van der Waals surface area contributed by atoms with Crippen molar-refractivity contribution in [3.05, 3.63) is 107 Å². The molecule has 1 amide bonds. The van der Waals surface area contributed by atoms with Crippen molar-refractivity contribution in [2.75, 3.05) is 26.2 Å². The molecule has 1 N–H and O–H groups in total. The molecule has 2 aliphatic rings. The summed E-state index contributed by atoms with van der Waals surface area (Å²) in [6, 6.07) is 16.7. The molecule has 278 valence electrons. The minimum atomic E-state index is -4.85. The molecule has 0 radical (unpaired) electrons. The first-order valence-corrected chi connectivity index (χ1v) is 17.9. The molecule has 53 heavy (non-hydrogen) atoms. The van der Waals surface area contributed by atoms with E-state index in [2.05, 4.69) is 20.2 Å². The Morgan fingerprint density at radius 3 is 2.25 bits per heavy atom. The predicted molar refractivity (Wildman–Crippen MR) is 191 cm³/mol. The minimum absolute atomic E-state index is 0.0604. The largest absolute Gasteiger partial charge is 0.416 e. The molecular weight excluding hydrogens is 694 g/mol. The number of hydrogen-bond acceptors (Lipinski definition) is 5. The smallest absolute Gasteiger partial charge is 0.337 e. The van der Waals surface area contributed by atoms with E-state index in [0.717, 1.165) is 50.9 Å². The molecule has 0 spiro atoms. The number of alkyl halides is 6. The maximum Gasteiger partial charge on any atom is 0.416 e. The van der Waals surface area contributed by atoms with Gasteiger partial charge in [-0.25, -0.2) is 4.98 Å². The van der Waals surface area contributed by atoms with Crippen LogP contribution in [0.3, 0.4) is 0 Å². The fraction of sp³-hybridized carbons (Fsp3) is 0.375. The lowest BCUT2D eigenvalue weighted by Gasteiger charge is -2.40. The number of amides is 1. The van der Waals surface area contributed by atoms with Gasteiger partial charge in [0.25, 0.3) is 5.91 Å². The van der Waals surface area contributed by atoms with Gasteiger partial charge >= 0.3 is 12.4 Å². The average Bonchev–Trinajstić information content (AvgIpc) is 3.59. The average molecular weight is 735 g/mol. The number of pyridine rings is 1. The molecule has 3 aromatic carbocycles. The number of likely N-dealkylation sites (tertiary alicyclic amines) is 2. The number of fused-ring (bicyclic) bond motifs is 1.